The van der Waals surface area contributed by atoms with E-state index in [-0.39, 0.29) is 11.8 Å². The second kappa shape index (κ2) is 9.56. The summed E-state index contributed by atoms with van der Waals surface area (Å²) in [5.41, 5.74) is 5.14. The topological polar surface area (TPSA) is 103 Å². The lowest BCUT2D eigenvalue weighted by molar-refractivity contribution is -0.120. The number of imide groups is 1. The van der Waals surface area contributed by atoms with Crippen LogP contribution < -0.4 is 11.1 Å². The molecule has 1 aliphatic rings. The first kappa shape index (κ1) is 20.9. The molecule has 1 aliphatic carbocycles. The highest BCUT2D eigenvalue weighted by Crippen LogP contribution is 2.36. The second-order valence-corrected chi connectivity index (χ2v) is 9.59. The number of nitrogens with zero attached hydrogens (tertiary/aromatic N) is 3. The summed E-state index contributed by atoms with van der Waals surface area (Å²) < 4.78 is 2.23. The molecule has 3 N–H and O–H groups in total. The highest BCUT2D eigenvalue weighted by atomic mass is 32.2. The van der Waals surface area contributed by atoms with E-state index in [1.807, 2.05) is 19.9 Å². The van der Waals surface area contributed by atoms with E-state index < -0.39 is 11.3 Å². The van der Waals surface area contributed by atoms with Crippen molar-refractivity contribution in [3.05, 3.63) is 28.2 Å². The minimum absolute atomic E-state index is 0.0154. The summed E-state index contributed by atoms with van der Waals surface area (Å²) in [5, 5.41) is 13.5. The Kier molecular flexibility index (Phi) is 7.12. The van der Waals surface area contributed by atoms with Gasteiger partial charge in [-0.05, 0) is 30.2 Å². The molecule has 7 nitrogen and oxygen atoms in total. The third kappa shape index (κ3) is 5.14. The molecule has 1 fully saturated rings. The molecule has 0 radical (unpaired) electrons. The van der Waals surface area contributed by atoms with Crippen molar-refractivity contribution in [1.82, 2.24) is 20.1 Å². The Balaban J connectivity index is 1.89. The van der Waals surface area contributed by atoms with Gasteiger partial charge in [0.05, 0.1) is 5.25 Å². The van der Waals surface area contributed by atoms with Gasteiger partial charge in [-0.25, -0.2) is 4.79 Å². The number of urea groups is 1. The van der Waals surface area contributed by atoms with Gasteiger partial charge in [0.2, 0.25) is 5.91 Å². The number of carbonyl (C=O) groups is 2. The number of thioether (sulfide) groups is 1. The van der Waals surface area contributed by atoms with Crippen molar-refractivity contribution in [2.24, 2.45) is 11.7 Å². The molecule has 0 bridgehead atoms. The van der Waals surface area contributed by atoms with Crippen molar-refractivity contribution in [2.45, 2.75) is 68.8 Å². The maximum absolute atomic E-state index is 12.5. The minimum atomic E-state index is -0.830. The maximum atomic E-state index is 12.5. The summed E-state index contributed by atoms with van der Waals surface area (Å²) in [5.74, 6) is 0.571. The third-order valence-electron chi connectivity index (χ3n) is 4.93. The lowest BCUT2D eigenvalue weighted by Crippen LogP contribution is -2.42. The Morgan fingerprint density at radius 3 is 2.68 bits per heavy atom. The molecule has 0 saturated heterocycles. The molecule has 0 spiro atoms. The molecule has 0 aromatic carbocycles. The molecule has 28 heavy (non-hydrogen) atoms. The number of amides is 3. The Morgan fingerprint density at radius 1 is 1.32 bits per heavy atom. The van der Waals surface area contributed by atoms with Gasteiger partial charge >= 0.3 is 6.03 Å². The van der Waals surface area contributed by atoms with Gasteiger partial charge in [0.25, 0.3) is 0 Å². The summed E-state index contributed by atoms with van der Waals surface area (Å²) in [7, 11) is 0. The molecule has 2 heterocycles. The van der Waals surface area contributed by atoms with E-state index in [0.717, 1.165) is 30.2 Å². The Bertz CT molecular complexity index is 797. The predicted molar refractivity (Wildman–Crippen MR) is 111 cm³/mol. The van der Waals surface area contributed by atoms with Crippen molar-refractivity contribution >= 4 is 35.0 Å². The number of hydrogen-bond donors (Lipinski definition) is 2. The van der Waals surface area contributed by atoms with Crippen LogP contribution in [0.4, 0.5) is 4.79 Å². The number of thiophene rings is 1. The lowest BCUT2D eigenvalue weighted by Gasteiger charge is -2.27. The minimum Gasteiger partial charge on any atom is -0.351 e. The number of nitrogens with one attached hydrogen (secondary N) is 1. The molecule has 152 valence electrons. The molecule has 9 heteroatoms. The molecule has 3 amide bonds. The molecule has 1 atom stereocenters. The summed E-state index contributed by atoms with van der Waals surface area (Å²) in [6.07, 6.45) is 6.59. The van der Waals surface area contributed by atoms with Gasteiger partial charge in [-0.1, -0.05) is 50.9 Å². The van der Waals surface area contributed by atoms with Crippen LogP contribution in [0, 0.1) is 5.92 Å². The van der Waals surface area contributed by atoms with Crippen molar-refractivity contribution in [1.29, 1.82) is 0 Å². The molecular formula is C19H27N5O2S2. The van der Waals surface area contributed by atoms with Gasteiger partial charge in [0.1, 0.15) is 5.82 Å². The van der Waals surface area contributed by atoms with E-state index in [9.17, 15) is 9.59 Å². The van der Waals surface area contributed by atoms with Gasteiger partial charge in [0.15, 0.2) is 5.16 Å². The first-order valence-electron chi connectivity index (χ1n) is 9.68. The maximum Gasteiger partial charge on any atom is 0.318 e. The monoisotopic (exact) mass is 421 g/mol. The molecule has 3 rings (SSSR count). The van der Waals surface area contributed by atoms with Crippen LogP contribution in [0.2, 0.25) is 0 Å². The highest BCUT2D eigenvalue weighted by Gasteiger charge is 2.30. The molecular weight excluding hydrogens is 394 g/mol. The molecule has 2 aromatic rings. The zero-order chi connectivity index (χ0) is 20.1. The number of aromatic nitrogens is 3. The fraction of sp³-hybridized carbons (Fsp3) is 0.579. The van der Waals surface area contributed by atoms with Crippen molar-refractivity contribution < 1.29 is 9.59 Å². The summed E-state index contributed by atoms with van der Waals surface area (Å²) in [6, 6.07) is 3.67. The molecule has 0 aliphatic heterocycles. The summed E-state index contributed by atoms with van der Waals surface area (Å²) in [6.45, 7) is 3.90. The van der Waals surface area contributed by atoms with E-state index in [1.165, 1.54) is 35.9 Å². The Labute approximate surface area is 173 Å². The van der Waals surface area contributed by atoms with E-state index in [0.29, 0.717) is 6.04 Å². The van der Waals surface area contributed by atoms with Crippen LogP contribution >= 0.6 is 23.1 Å². The largest absolute Gasteiger partial charge is 0.351 e. The van der Waals surface area contributed by atoms with E-state index >= 15 is 0 Å². The molecule has 0 unspecified atom stereocenters. The van der Waals surface area contributed by atoms with E-state index in [1.54, 1.807) is 11.3 Å². The SMILES string of the molecule is CC(C)[C@H](Sc1nnc(Cc2cccs2)n1C1CCCCC1)C(=O)NC(N)=O. The average molecular weight is 422 g/mol. The van der Waals surface area contributed by atoms with Gasteiger partial charge in [-0.2, -0.15) is 0 Å². The third-order valence-corrected chi connectivity index (χ3v) is 7.31. The zero-order valence-corrected chi connectivity index (χ0v) is 17.9. The second-order valence-electron chi connectivity index (χ2n) is 7.45. The summed E-state index contributed by atoms with van der Waals surface area (Å²) in [4.78, 5) is 24.8. The van der Waals surface area contributed by atoms with Gasteiger partial charge in [-0.3, -0.25) is 10.1 Å². The quantitative estimate of drug-likeness (QED) is 0.663. The molecule has 2 aromatic heterocycles. The van der Waals surface area contributed by atoms with Crippen molar-refractivity contribution in [3.63, 3.8) is 0 Å². The van der Waals surface area contributed by atoms with Crippen molar-refractivity contribution in [3.8, 4) is 0 Å². The fourth-order valence-electron chi connectivity index (χ4n) is 3.58. The van der Waals surface area contributed by atoms with Gasteiger partial charge in [-0.15, -0.1) is 21.5 Å². The zero-order valence-electron chi connectivity index (χ0n) is 16.3. The first-order valence-corrected chi connectivity index (χ1v) is 11.4. The highest BCUT2D eigenvalue weighted by molar-refractivity contribution is 8.00. The summed E-state index contributed by atoms with van der Waals surface area (Å²) >= 11 is 3.08. The van der Waals surface area contributed by atoms with Crippen LogP contribution in [0.1, 0.15) is 62.7 Å². The number of nitrogens with two attached hydrogens (primary N) is 1. The Hall–Kier alpha value is -1.87. The molecule has 1 saturated carbocycles. The number of primary amides is 1. The van der Waals surface area contributed by atoms with Crippen LogP contribution in [0.25, 0.3) is 0 Å². The van der Waals surface area contributed by atoms with E-state index in [4.69, 9.17) is 5.73 Å². The van der Waals surface area contributed by atoms with Gasteiger partial charge in [0, 0.05) is 17.3 Å². The predicted octanol–water partition coefficient (Wildman–Crippen LogP) is 3.75. The van der Waals surface area contributed by atoms with Crippen LogP contribution in [0.5, 0.6) is 0 Å². The normalized spacial score (nSPS) is 16.2. The van der Waals surface area contributed by atoms with Crippen LogP contribution in [0.15, 0.2) is 22.7 Å². The first-order chi connectivity index (χ1) is 13.5. The number of rotatable bonds is 7. The van der Waals surface area contributed by atoms with Crippen LogP contribution in [0.3, 0.4) is 0 Å². The number of hydrogen-bond acceptors (Lipinski definition) is 6. The smallest absolute Gasteiger partial charge is 0.318 e. The fourth-order valence-corrected chi connectivity index (χ4v) is 5.40. The number of carbonyl (C=O) groups excluding carboxylic acids is 2. The standard InChI is InChI=1S/C19H27N5O2S2/c1-12(2)16(17(25)21-18(20)26)28-19-23-22-15(11-14-9-6-10-27-14)24(19)13-7-4-3-5-8-13/h6,9-10,12-13,16H,3-5,7-8,11H2,1-2H3,(H3,20,21,25,26)/t16-/m0/s1. The Morgan fingerprint density at radius 2 is 2.07 bits per heavy atom. The van der Waals surface area contributed by atoms with Crippen LogP contribution in [-0.2, 0) is 11.2 Å². The lowest BCUT2D eigenvalue weighted by atomic mass is 9.95. The van der Waals surface area contributed by atoms with Crippen LogP contribution in [-0.4, -0.2) is 32.0 Å². The van der Waals surface area contributed by atoms with E-state index in [2.05, 4.69) is 31.5 Å². The van der Waals surface area contributed by atoms with Crippen molar-refractivity contribution in [2.75, 3.05) is 0 Å². The average Bonchev–Trinajstić information content (AvgIpc) is 3.29. The van der Waals surface area contributed by atoms with Gasteiger partial charge < -0.3 is 10.3 Å².